The molecule has 0 aromatic rings. The molecule has 7 atom stereocenters. The lowest BCUT2D eigenvalue weighted by Crippen LogP contribution is -2.64. The summed E-state index contributed by atoms with van der Waals surface area (Å²) in [5.74, 6) is 0.0873. The molecule has 3 saturated carbocycles. The average Bonchev–Trinajstić information content (AvgIpc) is 3.29. The fourth-order valence-corrected chi connectivity index (χ4v) is 7.98. The number of carbonyl (C=O) groups is 3. The zero-order chi connectivity index (χ0) is 22.0. The zero-order valence-electron chi connectivity index (χ0n) is 18.4. The second-order valence-electron chi connectivity index (χ2n) is 10.6. The number of allylic oxidation sites excluding steroid dienone is 2. The third-order valence-electron chi connectivity index (χ3n) is 9.38. The molecule has 0 amide bonds. The first-order chi connectivity index (χ1) is 14.7. The summed E-state index contributed by atoms with van der Waals surface area (Å²) >= 11 is 0. The van der Waals surface area contributed by atoms with E-state index in [0.29, 0.717) is 32.3 Å². The van der Waals surface area contributed by atoms with Crippen LogP contribution in [0.5, 0.6) is 0 Å². The summed E-state index contributed by atoms with van der Waals surface area (Å²) in [7, 11) is 0. The number of hydrogen-bond donors (Lipinski definition) is 1. The molecule has 4 aliphatic carbocycles. The van der Waals surface area contributed by atoms with E-state index in [4.69, 9.17) is 9.47 Å². The maximum atomic E-state index is 12.6. The molecular weight excluding hydrogens is 396 g/mol. The normalized spacial score (nSPS) is 46.1. The highest BCUT2D eigenvalue weighted by atomic mass is 16.5. The predicted molar refractivity (Wildman–Crippen MR) is 112 cm³/mol. The topological polar surface area (TPSA) is 89.9 Å². The summed E-state index contributed by atoms with van der Waals surface area (Å²) < 4.78 is 10.6. The predicted octanol–water partition coefficient (Wildman–Crippen LogP) is 3.27. The molecule has 0 saturated heterocycles. The molecule has 31 heavy (non-hydrogen) atoms. The molecule has 3 fully saturated rings. The molecule has 0 bridgehead atoms. The van der Waals surface area contributed by atoms with E-state index in [-0.39, 0.29) is 41.2 Å². The minimum Gasteiger partial charge on any atom is -0.462 e. The van der Waals surface area contributed by atoms with E-state index in [1.165, 1.54) is 12.5 Å². The molecule has 1 heterocycles. The molecule has 1 aliphatic heterocycles. The minimum absolute atomic E-state index is 0.0184. The van der Waals surface area contributed by atoms with E-state index >= 15 is 0 Å². The van der Waals surface area contributed by atoms with Crippen molar-refractivity contribution in [3.63, 3.8) is 0 Å². The van der Waals surface area contributed by atoms with Crippen LogP contribution in [0.4, 0.5) is 0 Å². The van der Waals surface area contributed by atoms with Gasteiger partial charge >= 0.3 is 11.9 Å². The Kier molecular flexibility index (Phi) is 4.74. The second kappa shape index (κ2) is 7.03. The molecule has 168 valence electrons. The van der Waals surface area contributed by atoms with Crippen LogP contribution in [-0.2, 0) is 23.9 Å². The van der Waals surface area contributed by atoms with E-state index in [2.05, 4.69) is 13.0 Å². The molecule has 0 spiro atoms. The third kappa shape index (κ3) is 2.90. The number of rotatable bonds is 3. The SMILES string of the molecule is CC(=O)OC1CCC2(C=O)C3CCC4(C)C(=CCC4C4=CC(=O)OC4)C3CCC2(O)C1. The van der Waals surface area contributed by atoms with Crippen molar-refractivity contribution in [3.8, 4) is 0 Å². The third-order valence-corrected chi connectivity index (χ3v) is 9.38. The van der Waals surface area contributed by atoms with Crippen molar-refractivity contribution in [3.05, 3.63) is 23.3 Å². The molecular formula is C25H32O6. The number of esters is 2. The smallest absolute Gasteiger partial charge is 0.331 e. The summed E-state index contributed by atoms with van der Waals surface area (Å²) in [6.45, 7) is 4.10. The second-order valence-corrected chi connectivity index (χ2v) is 10.6. The Morgan fingerprint density at radius 3 is 2.74 bits per heavy atom. The van der Waals surface area contributed by atoms with Gasteiger partial charge in [-0.05, 0) is 73.7 Å². The molecule has 1 N–H and O–H groups in total. The van der Waals surface area contributed by atoms with Crippen molar-refractivity contribution in [2.45, 2.75) is 76.9 Å². The number of cyclic esters (lactones) is 1. The lowest BCUT2D eigenvalue weighted by atomic mass is 9.44. The largest absolute Gasteiger partial charge is 0.462 e. The monoisotopic (exact) mass is 428 g/mol. The Bertz CT molecular complexity index is 888. The fourth-order valence-electron chi connectivity index (χ4n) is 7.98. The van der Waals surface area contributed by atoms with Gasteiger partial charge in [-0.15, -0.1) is 0 Å². The van der Waals surface area contributed by atoms with Crippen LogP contribution in [0.25, 0.3) is 0 Å². The van der Waals surface area contributed by atoms with Gasteiger partial charge in [0.15, 0.2) is 0 Å². The highest BCUT2D eigenvalue weighted by Gasteiger charge is 2.65. The van der Waals surface area contributed by atoms with Gasteiger partial charge in [0.25, 0.3) is 0 Å². The van der Waals surface area contributed by atoms with Gasteiger partial charge in [0.05, 0.1) is 11.0 Å². The number of ether oxygens (including phenoxy) is 2. The van der Waals surface area contributed by atoms with Gasteiger partial charge in [-0.3, -0.25) is 4.79 Å². The van der Waals surface area contributed by atoms with E-state index < -0.39 is 11.0 Å². The van der Waals surface area contributed by atoms with Gasteiger partial charge < -0.3 is 19.4 Å². The molecule has 5 rings (SSSR count). The molecule has 0 aromatic heterocycles. The van der Waals surface area contributed by atoms with Crippen molar-refractivity contribution in [2.75, 3.05) is 6.61 Å². The maximum absolute atomic E-state index is 12.6. The molecule has 5 aliphatic rings. The first-order valence-electron chi connectivity index (χ1n) is 11.7. The van der Waals surface area contributed by atoms with Crippen molar-refractivity contribution in [2.24, 2.45) is 28.6 Å². The standard InChI is InChI=1S/C25H32O6/c1-15(27)31-17-5-9-24(14-26)21-7-8-23(2)19(16-11-22(28)30-13-16)3-4-20(23)18(21)6-10-25(24,29)12-17/h4,11,14,17-19,21,29H,3,5-10,12-13H2,1-2H3. The Morgan fingerprint density at radius 2 is 2.06 bits per heavy atom. The molecule has 6 heteroatoms. The minimum atomic E-state index is -1.12. The highest BCUT2D eigenvalue weighted by molar-refractivity contribution is 5.85. The summed E-state index contributed by atoms with van der Waals surface area (Å²) in [5, 5.41) is 11.7. The van der Waals surface area contributed by atoms with Crippen LogP contribution in [-0.4, -0.2) is 41.6 Å². The number of aliphatic hydroxyl groups is 1. The van der Waals surface area contributed by atoms with E-state index in [1.54, 1.807) is 6.08 Å². The highest BCUT2D eigenvalue weighted by Crippen LogP contribution is 2.67. The van der Waals surface area contributed by atoms with Crippen LogP contribution in [0, 0.1) is 28.6 Å². The van der Waals surface area contributed by atoms with E-state index in [1.807, 2.05) is 0 Å². The average molecular weight is 429 g/mol. The quantitative estimate of drug-likeness (QED) is 0.422. The first-order valence-corrected chi connectivity index (χ1v) is 11.7. The van der Waals surface area contributed by atoms with Gasteiger partial charge in [-0.1, -0.05) is 18.6 Å². The number of fused-ring (bicyclic) bond motifs is 5. The Labute approximate surface area is 183 Å². The number of hydrogen-bond acceptors (Lipinski definition) is 6. The summed E-state index contributed by atoms with van der Waals surface area (Å²) in [4.78, 5) is 35.8. The van der Waals surface area contributed by atoms with Gasteiger partial charge in [0.2, 0.25) is 0 Å². The number of carbonyl (C=O) groups excluding carboxylic acids is 3. The summed E-state index contributed by atoms with van der Waals surface area (Å²) in [6.07, 6.45) is 10.4. The van der Waals surface area contributed by atoms with Crippen LogP contribution in [0.3, 0.4) is 0 Å². The number of aldehydes is 1. The van der Waals surface area contributed by atoms with Gasteiger partial charge in [-0.25, -0.2) is 4.79 Å². The fraction of sp³-hybridized carbons (Fsp3) is 0.720. The molecule has 0 radical (unpaired) electrons. The molecule has 0 aromatic carbocycles. The summed E-state index contributed by atoms with van der Waals surface area (Å²) in [6, 6.07) is 0. The Balaban J connectivity index is 1.43. The van der Waals surface area contributed by atoms with Gasteiger partial charge in [-0.2, -0.15) is 0 Å². The van der Waals surface area contributed by atoms with Crippen molar-refractivity contribution < 1.29 is 29.0 Å². The Hall–Kier alpha value is -1.95. The maximum Gasteiger partial charge on any atom is 0.331 e. The van der Waals surface area contributed by atoms with E-state index in [0.717, 1.165) is 37.5 Å². The molecule has 6 nitrogen and oxygen atoms in total. The Morgan fingerprint density at radius 1 is 1.26 bits per heavy atom. The van der Waals surface area contributed by atoms with Crippen molar-refractivity contribution >= 4 is 18.2 Å². The van der Waals surface area contributed by atoms with Crippen LogP contribution in [0.2, 0.25) is 0 Å². The zero-order valence-corrected chi connectivity index (χ0v) is 18.4. The van der Waals surface area contributed by atoms with Gasteiger partial charge in [0, 0.05) is 19.4 Å². The first kappa shape index (κ1) is 20.9. The summed E-state index contributed by atoms with van der Waals surface area (Å²) in [5.41, 5.74) is 0.596. The lowest BCUT2D eigenvalue weighted by molar-refractivity contribution is -0.206. The van der Waals surface area contributed by atoms with E-state index in [9.17, 15) is 19.5 Å². The van der Waals surface area contributed by atoms with Crippen molar-refractivity contribution in [1.82, 2.24) is 0 Å². The van der Waals surface area contributed by atoms with Crippen LogP contribution in [0.15, 0.2) is 23.3 Å². The lowest BCUT2D eigenvalue weighted by Gasteiger charge is -2.61. The van der Waals surface area contributed by atoms with Gasteiger partial charge in [0.1, 0.15) is 19.0 Å². The van der Waals surface area contributed by atoms with Crippen LogP contribution in [0.1, 0.15) is 65.2 Å². The van der Waals surface area contributed by atoms with Crippen LogP contribution < -0.4 is 0 Å². The molecule has 7 unspecified atom stereocenters. The van der Waals surface area contributed by atoms with Crippen LogP contribution >= 0.6 is 0 Å². The van der Waals surface area contributed by atoms with Crippen molar-refractivity contribution in [1.29, 1.82) is 0 Å².